The highest BCUT2D eigenvalue weighted by Crippen LogP contribution is 2.26. The first-order valence-corrected chi connectivity index (χ1v) is 9.34. The van der Waals surface area contributed by atoms with E-state index in [9.17, 15) is 9.59 Å². The number of rotatable bonds is 7. The molecule has 0 bridgehead atoms. The van der Waals surface area contributed by atoms with Crippen LogP contribution in [0.2, 0.25) is 0 Å². The highest BCUT2D eigenvalue weighted by Gasteiger charge is 2.17. The number of carbonyl (C=O) groups is 2. The van der Waals surface area contributed by atoms with Crippen molar-refractivity contribution in [2.24, 2.45) is 0 Å². The third-order valence-corrected chi connectivity index (χ3v) is 4.73. The van der Waals surface area contributed by atoms with Crippen molar-refractivity contribution in [3.05, 3.63) is 77.2 Å². The lowest BCUT2D eigenvalue weighted by molar-refractivity contribution is 0.0784. The number of nitrogens with one attached hydrogen (secondary N) is 1. The van der Waals surface area contributed by atoms with Crippen LogP contribution in [0.25, 0.3) is 0 Å². The van der Waals surface area contributed by atoms with E-state index in [1.165, 1.54) is 6.26 Å². The molecule has 156 valence electrons. The van der Waals surface area contributed by atoms with Crippen molar-refractivity contribution in [3.8, 4) is 11.5 Å². The Hall–Kier alpha value is -3.74. The fraction of sp³-hybridized carbons (Fsp3) is 0.217. The van der Waals surface area contributed by atoms with Crippen molar-refractivity contribution in [2.45, 2.75) is 13.5 Å². The second-order valence-electron chi connectivity index (χ2n) is 6.80. The van der Waals surface area contributed by atoms with Gasteiger partial charge >= 0.3 is 0 Å². The van der Waals surface area contributed by atoms with Crippen molar-refractivity contribution in [1.82, 2.24) is 4.90 Å². The maximum absolute atomic E-state index is 13.0. The molecule has 0 aliphatic carbocycles. The van der Waals surface area contributed by atoms with Crippen molar-refractivity contribution in [2.75, 3.05) is 26.6 Å². The molecule has 1 heterocycles. The standard InChI is InChI=1S/C23H24N2O5/c1-15-7-8-16(12-19(15)24-22(26)20-6-5-11-30-20)23(27)25(2)14-17-9-10-18(28-3)13-21(17)29-4/h5-13H,14H2,1-4H3,(H,24,26). The molecule has 0 atom stereocenters. The zero-order valence-corrected chi connectivity index (χ0v) is 17.4. The number of furan rings is 1. The van der Waals surface area contributed by atoms with E-state index in [0.29, 0.717) is 29.3 Å². The van der Waals surface area contributed by atoms with E-state index >= 15 is 0 Å². The van der Waals surface area contributed by atoms with Gasteiger partial charge in [-0.05, 0) is 48.9 Å². The Labute approximate surface area is 175 Å². The number of hydrogen-bond donors (Lipinski definition) is 1. The number of methoxy groups -OCH3 is 2. The average molecular weight is 408 g/mol. The number of anilines is 1. The Morgan fingerprint density at radius 1 is 1.07 bits per heavy atom. The molecule has 2 aromatic carbocycles. The van der Waals surface area contributed by atoms with Crippen LogP contribution >= 0.6 is 0 Å². The molecule has 0 spiro atoms. The van der Waals surface area contributed by atoms with E-state index in [2.05, 4.69) is 5.32 Å². The van der Waals surface area contributed by atoms with Crippen LogP contribution < -0.4 is 14.8 Å². The summed E-state index contributed by atoms with van der Waals surface area (Å²) in [6.07, 6.45) is 1.43. The van der Waals surface area contributed by atoms with Crippen LogP contribution in [-0.4, -0.2) is 38.0 Å². The molecular weight excluding hydrogens is 384 g/mol. The first-order valence-electron chi connectivity index (χ1n) is 9.34. The summed E-state index contributed by atoms with van der Waals surface area (Å²) in [6.45, 7) is 2.21. The van der Waals surface area contributed by atoms with Gasteiger partial charge in [0.2, 0.25) is 0 Å². The molecule has 0 unspecified atom stereocenters. The van der Waals surface area contributed by atoms with Crippen LogP contribution in [0, 0.1) is 6.92 Å². The third-order valence-electron chi connectivity index (χ3n) is 4.73. The number of nitrogens with zero attached hydrogens (tertiary/aromatic N) is 1. The lowest BCUT2D eigenvalue weighted by Gasteiger charge is -2.20. The zero-order valence-electron chi connectivity index (χ0n) is 17.4. The van der Waals surface area contributed by atoms with E-state index in [-0.39, 0.29) is 17.6 Å². The summed E-state index contributed by atoms with van der Waals surface area (Å²) in [5, 5.41) is 2.79. The van der Waals surface area contributed by atoms with Crippen LogP contribution in [0.1, 0.15) is 32.0 Å². The SMILES string of the molecule is COc1ccc(CN(C)C(=O)c2ccc(C)c(NC(=O)c3ccco3)c2)c(OC)c1. The summed E-state index contributed by atoms with van der Waals surface area (Å²) in [6, 6.07) is 13.9. The van der Waals surface area contributed by atoms with Crippen molar-refractivity contribution >= 4 is 17.5 Å². The molecule has 0 aliphatic rings. The molecular formula is C23H24N2O5. The first-order chi connectivity index (χ1) is 14.4. The lowest BCUT2D eigenvalue weighted by Crippen LogP contribution is -2.26. The Morgan fingerprint density at radius 3 is 2.53 bits per heavy atom. The summed E-state index contributed by atoms with van der Waals surface area (Å²) >= 11 is 0. The molecule has 2 amide bonds. The topological polar surface area (TPSA) is 81.0 Å². The molecule has 0 fully saturated rings. The minimum absolute atomic E-state index is 0.179. The fourth-order valence-electron chi connectivity index (χ4n) is 3.01. The minimum Gasteiger partial charge on any atom is -0.497 e. The quantitative estimate of drug-likeness (QED) is 0.636. The molecule has 0 saturated heterocycles. The van der Waals surface area contributed by atoms with Gasteiger partial charge in [-0.15, -0.1) is 0 Å². The summed E-state index contributed by atoms with van der Waals surface area (Å²) in [4.78, 5) is 26.9. The van der Waals surface area contributed by atoms with E-state index in [1.807, 2.05) is 19.1 Å². The molecule has 0 radical (unpaired) electrons. The number of ether oxygens (including phenoxy) is 2. The second-order valence-corrected chi connectivity index (χ2v) is 6.80. The molecule has 1 aromatic heterocycles. The Balaban J connectivity index is 1.77. The number of aryl methyl sites for hydroxylation is 1. The maximum Gasteiger partial charge on any atom is 0.291 e. The molecule has 0 saturated carbocycles. The van der Waals surface area contributed by atoms with Gasteiger partial charge in [0.05, 0.1) is 20.5 Å². The van der Waals surface area contributed by atoms with Crippen LogP contribution in [0.15, 0.2) is 59.2 Å². The molecule has 3 rings (SSSR count). The fourth-order valence-corrected chi connectivity index (χ4v) is 3.01. The maximum atomic E-state index is 13.0. The van der Waals surface area contributed by atoms with Crippen molar-refractivity contribution in [1.29, 1.82) is 0 Å². The highest BCUT2D eigenvalue weighted by atomic mass is 16.5. The molecule has 1 N–H and O–H groups in total. The molecule has 3 aromatic rings. The lowest BCUT2D eigenvalue weighted by atomic mass is 10.1. The van der Waals surface area contributed by atoms with Gasteiger partial charge in [-0.3, -0.25) is 9.59 Å². The van der Waals surface area contributed by atoms with Crippen molar-refractivity contribution in [3.63, 3.8) is 0 Å². The molecule has 30 heavy (non-hydrogen) atoms. The Bertz CT molecular complexity index is 1040. The molecule has 7 heteroatoms. The average Bonchev–Trinajstić information content (AvgIpc) is 3.30. The first kappa shape index (κ1) is 21.0. The van der Waals surface area contributed by atoms with Gasteiger partial charge < -0.3 is 24.1 Å². The van der Waals surface area contributed by atoms with Crippen molar-refractivity contribution < 1.29 is 23.5 Å². The third kappa shape index (κ3) is 4.63. The smallest absolute Gasteiger partial charge is 0.291 e. The Kier molecular flexibility index (Phi) is 6.41. The number of benzene rings is 2. The van der Waals surface area contributed by atoms with Crippen LogP contribution in [0.3, 0.4) is 0 Å². The van der Waals surface area contributed by atoms with Crippen LogP contribution in [-0.2, 0) is 6.54 Å². The van der Waals surface area contributed by atoms with Gasteiger partial charge in [-0.2, -0.15) is 0 Å². The zero-order chi connectivity index (χ0) is 21.7. The van der Waals surface area contributed by atoms with E-state index in [4.69, 9.17) is 13.9 Å². The van der Waals surface area contributed by atoms with Gasteiger partial charge in [-0.25, -0.2) is 0 Å². The van der Waals surface area contributed by atoms with Gasteiger partial charge in [0.1, 0.15) is 11.5 Å². The predicted octanol–water partition coefficient (Wildman–Crippen LogP) is 4.13. The monoisotopic (exact) mass is 408 g/mol. The van der Waals surface area contributed by atoms with E-state index in [1.54, 1.807) is 62.6 Å². The normalized spacial score (nSPS) is 10.4. The second kappa shape index (κ2) is 9.17. The number of carbonyl (C=O) groups excluding carboxylic acids is 2. The summed E-state index contributed by atoms with van der Waals surface area (Å²) in [5.41, 5.74) is 2.71. The van der Waals surface area contributed by atoms with Gasteiger partial charge in [0, 0.05) is 36.5 Å². The van der Waals surface area contributed by atoms with Gasteiger partial charge in [0.15, 0.2) is 5.76 Å². The number of hydrogen-bond acceptors (Lipinski definition) is 5. The number of amides is 2. The van der Waals surface area contributed by atoms with Gasteiger partial charge in [0.25, 0.3) is 11.8 Å². The Morgan fingerprint density at radius 2 is 1.87 bits per heavy atom. The molecule has 7 nitrogen and oxygen atoms in total. The summed E-state index contributed by atoms with van der Waals surface area (Å²) in [7, 11) is 4.88. The van der Waals surface area contributed by atoms with Gasteiger partial charge in [-0.1, -0.05) is 6.07 Å². The predicted molar refractivity (Wildman–Crippen MR) is 113 cm³/mol. The summed E-state index contributed by atoms with van der Waals surface area (Å²) in [5.74, 6) is 0.976. The summed E-state index contributed by atoms with van der Waals surface area (Å²) < 4.78 is 15.7. The minimum atomic E-state index is -0.371. The highest BCUT2D eigenvalue weighted by molar-refractivity contribution is 6.03. The van der Waals surface area contributed by atoms with Crippen LogP contribution in [0.5, 0.6) is 11.5 Å². The van der Waals surface area contributed by atoms with E-state index < -0.39 is 0 Å². The van der Waals surface area contributed by atoms with E-state index in [0.717, 1.165) is 11.1 Å². The van der Waals surface area contributed by atoms with Crippen LogP contribution in [0.4, 0.5) is 5.69 Å². The molecule has 0 aliphatic heterocycles. The largest absolute Gasteiger partial charge is 0.497 e.